The molecule has 0 aliphatic heterocycles. The van der Waals surface area contributed by atoms with Crippen LogP contribution in [-0.2, 0) is 19.3 Å². The Balaban J connectivity index is 2.52. The average Bonchev–Trinajstić information content (AvgIpc) is 2.48. The number of benzene rings is 1. The zero-order valence-corrected chi connectivity index (χ0v) is 12.7. The van der Waals surface area contributed by atoms with Crippen LogP contribution >= 0.6 is 11.6 Å². The summed E-state index contributed by atoms with van der Waals surface area (Å²) in [5.41, 5.74) is 10.1. The molecule has 0 saturated heterocycles. The first kappa shape index (κ1) is 14.9. The summed E-state index contributed by atoms with van der Waals surface area (Å²) in [6.45, 7) is 4.87. The van der Waals surface area contributed by atoms with Crippen LogP contribution in [0, 0.1) is 0 Å². The lowest BCUT2D eigenvalue weighted by Crippen LogP contribution is -2.12. The molecule has 0 aliphatic carbocycles. The molecule has 0 aliphatic rings. The fraction of sp³-hybridized carbons (Fsp3) is 0.375. The van der Waals surface area contributed by atoms with Crippen LogP contribution in [-0.4, -0.2) is 16.5 Å². The van der Waals surface area contributed by atoms with Gasteiger partial charge in [-0.05, 0) is 55.6 Å². The maximum atomic E-state index is 5.93. The van der Waals surface area contributed by atoms with E-state index in [-0.39, 0.29) is 0 Å². The summed E-state index contributed by atoms with van der Waals surface area (Å²) in [4.78, 5) is 9.42. The first-order valence-corrected chi connectivity index (χ1v) is 7.42. The molecule has 1 heterocycles. The van der Waals surface area contributed by atoms with Gasteiger partial charge in [0.25, 0.3) is 0 Å². The summed E-state index contributed by atoms with van der Waals surface area (Å²) < 4.78 is 0. The average molecular weight is 290 g/mol. The highest BCUT2D eigenvalue weighted by molar-refractivity contribution is 6.30. The van der Waals surface area contributed by atoms with Crippen molar-refractivity contribution in [1.29, 1.82) is 0 Å². The lowest BCUT2D eigenvalue weighted by Gasteiger charge is -2.13. The minimum Gasteiger partial charge on any atom is -0.330 e. The number of nitrogens with two attached hydrogens (primary N) is 1. The fourth-order valence-corrected chi connectivity index (χ4v) is 2.45. The summed E-state index contributed by atoms with van der Waals surface area (Å²) in [5, 5.41) is 0.722. The molecule has 2 N–H and O–H groups in total. The Labute approximate surface area is 125 Å². The van der Waals surface area contributed by atoms with Crippen LogP contribution < -0.4 is 5.73 Å². The molecule has 2 aromatic rings. The fourth-order valence-electron chi connectivity index (χ4n) is 2.33. The van der Waals surface area contributed by atoms with E-state index in [4.69, 9.17) is 27.3 Å². The second-order valence-electron chi connectivity index (χ2n) is 4.67. The van der Waals surface area contributed by atoms with Gasteiger partial charge in [-0.2, -0.15) is 0 Å². The summed E-state index contributed by atoms with van der Waals surface area (Å²) in [6.07, 6.45) is 2.63. The van der Waals surface area contributed by atoms with Crippen LogP contribution in [0.2, 0.25) is 5.02 Å². The van der Waals surface area contributed by atoms with E-state index >= 15 is 0 Å². The highest BCUT2D eigenvalue weighted by Crippen LogP contribution is 2.22. The summed E-state index contributed by atoms with van der Waals surface area (Å²) >= 11 is 5.93. The largest absolute Gasteiger partial charge is 0.330 e. The second kappa shape index (κ2) is 6.82. The van der Waals surface area contributed by atoms with E-state index in [2.05, 4.69) is 13.8 Å². The van der Waals surface area contributed by atoms with E-state index in [0.29, 0.717) is 6.54 Å². The molecule has 1 aromatic heterocycles. The van der Waals surface area contributed by atoms with Crippen LogP contribution in [0.1, 0.15) is 30.8 Å². The van der Waals surface area contributed by atoms with Crippen molar-refractivity contribution < 1.29 is 0 Å². The lowest BCUT2D eigenvalue weighted by atomic mass is 10.0. The minimum absolute atomic E-state index is 0.629. The van der Waals surface area contributed by atoms with Crippen LogP contribution in [0.5, 0.6) is 0 Å². The predicted octanol–water partition coefficient (Wildman–Crippen LogP) is 3.42. The highest BCUT2D eigenvalue weighted by atomic mass is 35.5. The van der Waals surface area contributed by atoms with Crippen molar-refractivity contribution in [3.05, 3.63) is 46.2 Å². The second-order valence-corrected chi connectivity index (χ2v) is 5.11. The number of hydrogen-bond acceptors (Lipinski definition) is 3. The van der Waals surface area contributed by atoms with E-state index < -0.39 is 0 Å². The van der Waals surface area contributed by atoms with Crippen molar-refractivity contribution in [2.24, 2.45) is 5.73 Å². The van der Waals surface area contributed by atoms with E-state index in [0.717, 1.165) is 47.1 Å². The monoisotopic (exact) mass is 289 g/mol. The molecule has 0 spiro atoms. The Kier molecular flexibility index (Phi) is 5.10. The summed E-state index contributed by atoms with van der Waals surface area (Å²) in [7, 11) is 0. The van der Waals surface area contributed by atoms with Crippen molar-refractivity contribution in [2.45, 2.75) is 33.1 Å². The van der Waals surface area contributed by atoms with Crippen molar-refractivity contribution in [1.82, 2.24) is 9.97 Å². The molecule has 0 radical (unpaired) electrons. The van der Waals surface area contributed by atoms with Crippen LogP contribution in [0.25, 0.3) is 11.4 Å². The SMILES string of the molecule is CCc1nc(-c2ccc(Cl)cc2)nc(CC)c1CCN. The molecule has 0 amide bonds. The Morgan fingerprint density at radius 1 is 1.00 bits per heavy atom. The zero-order chi connectivity index (χ0) is 14.5. The number of aryl methyl sites for hydroxylation is 2. The third-order valence-electron chi connectivity index (χ3n) is 3.34. The van der Waals surface area contributed by atoms with Crippen molar-refractivity contribution >= 4 is 11.6 Å². The third-order valence-corrected chi connectivity index (χ3v) is 3.60. The number of nitrogens with zero attached hydrogens (tertiary/aromatic N) is 2. The molecular formula is C16H20ClN3. The van der Waals surface area contributed by atoms with Gasteiger partial charge in [0.15, 0.2) is 5.82 Å². The normalized spacial score (nSPS) is 10.8. The molecule has 0 unspecified atom stereocenters. The summed E-state index contributed by atoms with van der Waals surface area (Å²) in [6, 6.07) is 7.65. The Hall–Kier alpha value is -1.45. The van der Waals surface area contributed by atoms with Gasteiger partial charge in [-0.1, -0.05) is 25.4 Å². The molecule has 106 valence electrons. The van der Waals surface area contributed by atoms with Gasteiger partial charge in [0.05, 0.1) is 0 Å². The van der Waals surface area contributed by atoms with Gasteiger partial charge >= 0.3 is 0 Å². The Morgan fingerprint density at radius 3 is 2.00 bits per heavy atom. The first-order valence-electron chi connectivity index (χ1n) is 7.04. The predicted molar refractivity (Wildman–Crippen MR) is 84.0 cm³/mol. The number of halogens is 1. The molecule has 3 nitrogen and oxygen atoms in total. The molecule has 1 aromatic carbocycles. The van der Waals surface area contributed by atoms with Crippen molar-refractivity contribution in [3.8, 4) is 11.4 Å². The zero-order valence-electron chi connectivity index (χ0n) is 12.0. The quantitative estimate of drug-likeness (QED) is 0.917. The standard InChI is InChI=1S/C16H20ClN3/c1-3-14-13(9-10-18)15(4-2)20-16(19-14)11-5-7-12(17)8-6-11/h5-8H,3-4,9-10,18H2,1-2H3. The topological polar surface area (TPSA) is 51.8 Å². The molecule has 20 heavy (non-hydrogen) atoms. The van der Waals surface area contributed by atoms with Crippen LogP contribution in [0.4, 0.5) is 0 Å². The number of aromatic nitrogens is 2. The maximum absolute atomic E-state index is 5.93. The van der Waals surface area contributed by atoms with E-state index in [9.17, 15) is 0 Å². The minimum atomic E-state index is 0.629. The van der Waals surface area contributed by atoms with Crippen molar-refractivity contribution in [2.75, 3.05) is 6.54 Å². The van der Waals surface area contributed by atoms with E-state index in [1.165, 1.54) is 5.56 Å². The molecule has 4 heteroatoms. The molecule has 0 bridgehead atoms. The molecule has 0 atom stereocenters. The van der Waals surface area contributed by atoms with E-state index in [1.807, 2.05) is 24.3 Å². The Morgan fingerprint density at radius 2 is 1.55 bits per heavy atom. The van der Waals surface area contributed by atoms with Crippen LogP contribution in [0.15, 0.2) is 24.3 Å². The maximum Gasteiger partial charge on any atom is 0.159 e. The molecule has 0 fully saturated rings. The third kappa shape index (κ3) is 3.17. The van der Waals surface area contributed by atoms with Gasteiger partial charge < -0.3 is 5.73 Å². The number of hydrogen-bond donors (Lipinski definition) is 1. The lowest BCUT2D eigenvalue weighted by molar-refractivity contribution is 0.844. The molecular weight excluding hydrogens is 270 g/mol. The van der Waals surface area contributed by atoms with Crippen molar-refractivity contribution in [3.63, 3.8) is 0 Å². The van der Waals surface area contributed by atoms with Gasteiger partial charge in [0.2, 0.25) is 0 Å². The van der Waals surface area contributed by atoms with E-state index in [1.54, 1.807) is 0 Å². The smallest absolute Gasteiger partial charge is 0.159 e. The first-order chi connectivity index (χ1) is 9.69. The number of rotatable bonds is 5. The molecule has 0 saturated carbocycles. The van der Waals surface area contributed by atoms with Gasteiger partial charge in [0.1, 0.15) is 0 Å². The highest BCUT2D eigenvalue weighted by Gasteiger charge is 2.12. The van der Waals surface area contributed by atoms with Crippen LogP contribution in [0.3, 0.4) is 0 Å². The summed E-state index contributed by atoms with van der Waals surface area (Å²) in [5.74, 6) is 0.774. The molecule has 2 rings (SSSR count). The van der Waals surface area contributed by atoms with Gasteiger partial charge in [0, 0.05) is 22.0 Å². The van der Waals surface area contributed by atoms with Gasteiger partial charge in [-0.3, -0.25) is 0 Å². The van der Waals surface area contributed by atoms with Gasteiger partial charge in [-0.15, -0.1) is 0 Å². The Bertz CT molecular complexity index is 554. The van der Waals surface area contributed by atoms with Gasteiger partial charge in [-0.25, -0.2) is 9.97 Å².